The van der Waals surface area contributed by atoms with Crippen molar-refractivity contribution in [3.8, 4) is 0 Å². The van der Waals surface area contributed by atoms with E-state index in [1.54, 1.807) is 6.92 Å². The van der Waals surface area contributed by atoms with E-state index in [0.29, 0.717) is 19.8 Å². The second kappa shape index (κ2) is 10.9. The molecule has 0 amide bonds. The van der Waals surface area contributed by atoms with Gasteiger partial charge in [-0.05, 0) is 26.3 Å². The van der Waals surface area contributed by atoms with Gasteiger partial charge in [0.2, 0.25) is 0 Å². The molecule has 16 heavy (non-hydrogen) atoms. The van der Waals surface area contributed by atoms with Crippen LogP contribution in [0.5, 0.6) is 0 Å². The molecule has 0 aliphatic rings. The summed E-state index contributed by atoms with van der Waals surface area (Å²) in [4.78, 5) is 10.9. The molecule has 5 heteroatoms. The molecule has 0 radical (unpaired) electrons. The number of aliphatic hydroxyl groups excluding tert-OH is 1. The Morgan fingerprint density at radius 1 is 1.38 bits per heavy atom. The molecule has 96 valence electrons. The van der Waals surface area contributed by atoms with Crippen molar-refractivity contribution in [1.29, 1.82) is 0 Å². The lowest BCUT2D eigenvalue weighted by atomic mass is 10.2. The zero-order valence-corrected chi connectivity index (χ0v) is 10.2. The largest absolute Gasteiger partial charge is 0.464 e. The zero-order valence-electron chi connectivity index (χ0n) is 10.2. The Balaban J connectivity index is 3.12. The molecule has 0 aromatic heterocycles. The van der Waals surface area contributed by atoms with Crippen LogP contribution in [0.25, 0.3) is 0 Å². The van der Waals surface area contributed by atoms with Crippen molar-refractivity contribution in [2.24, 2.45) is 0 Å². The quantitative estimate of drug-likeness (QED) is 0.420. The Morgan fingerprint density at radius 2 is 2.12 bits per heavy atom. The summed E-state index contributed by atoms with van der Waals surface area (Å²) in [6.45, 7) is 6.02. The molecule has 0 saturated carbocycles. The number of aliphatic hydroxyl groups is 1. The highest BCUT2D eigenvalue weighted by atomic mass is 16.6. The first kappa shape index (κ1) is 15.3. The molecular weight excluding hydrogens is 210 g/mol. The molecule has 0 spiro atoms. The zero-order chi connectivity index (χ0) is 12.2. The molecule has 0 fully saturated rings. The van der Waals surface area contributed by atoms with Crippen LogP contribution in [-0.4, -0.2) is 50.1 Å². The summed E-state index contributed by atoms with van der Waals surface area (Å²) in [5.41, 5.74) is 0. The van der Waals surface area contributed by atoms with Gasteiger partial charge in [0.25, 0.3) is 0 Å². The van der Waals surface area contributed by atoms with Gasteiger partial charge in [-0.25, -0.2) is 4.79 Å². The fourth-order valence-corrected chi connectivity index (χ4v) is 1.10. The minimum Gasteiger partial charge on any atom is -0.464 e. The van der Waals surface area contributed by atoms with Crippen LogP contribution in [-0.2, 0) is 14.3 Å². The van der Waals surface area contributed by atoms with E-state index in [1.165, 1.54) is 0 Å². The summed E-state index contributed by atoms with van der Waals surface area (Å²) in [5.74, 6) is -0.330. The molecule has 1 atom stereocenters. The van der Waals surface area contributed by atoms with Crippen molar-refractivity contribution in [3.05, 3.63) is 0 Å². The van der Waals surface area contributed by atoms with Crippen molar-refractivity contribution in [3.63, 3.8) is 0 Å². The molecule has 0 saturated heterocycles. The molecule has 0 aromatic carbocycles. The predicted octanol–water partition coefficient (Wildman–Crippen LogP) is 0.317. The first-order valence-corrected chi connectivity index (χ1v) is 5.82. The van der Waals surface area contributed by atoms with Crippen LogP contribution in [0.3, 0.4) is 0 Å². The minimum atomic E-state index is -0.330. The smallest absolute Gasteiger partial charge is 0.332 e. The van der Waals surface area contributed by atoms with Gasteiger partial charge in [0.15, 0.2) is 0 Å². The SMILES string of the molecule is CCOC(=O)COCCNCCC(O)CC. The van der Waals surface area contributed by atoms with E-state index in [2.05, 4.69) is 5.32 Å². The number of hydrogen-bond donors (Lipinski definition) is 2. The van der Waals surface area contributed by atoms with Gasteiger partial charge < -0.3 is 19.9 Å². The number of carbonyl (C=O) groups is 1. The summed E-state index contributed by atoms with van der Waals surface area (Å²) in [5, 5.41) is 12.4. The molecule has 5 nitrogen and oxygen atoms in total. The fraction of sp³-hybridized carbons (Fsp3) is 0.909. The number of hydrogen-bond acceptors (Lipinski definition) is 5. The summed E-state index contributed by atoms with van der Waals surface area (Å²) in [7, 11) is 0. The average molecular weight is 233 g/mol. The van der Waals surface area contributed by atoms with Gasteiger partial charge in [-0.2, -0.15) is 0 Å². The molecular formula is C11H23NO4. The second-order valence-corrected chi connectivity index (χ2v) is 3.46. The van der Waals surface area contributed by atoms with Gasteiger partial charge in [0.05, 0.1) is 19.3 Å². The number of ether oxygens (including phenoxy) is 2. The van der Waals surface area contributed by atoms with Gasteiger partial charge in [-0.3, -0.25) is 0 Å². The van der Waals surface area contributed by atoms with Gasteiger partial charge in [-0.1, -0.05) is 6.92 Å². The Kier molecular flexibility index (Phi) is 10.4. The summed E-state index contributed by atoms with van der Waals surface area (Å²) in [6.07, 6.45) is 1.29. The lowest BCUT2D eigenvalue weighted by Gasteiger charge is -2.08. The second-order valence-electron chi connectivity index (χ2n) is 3.46. The lowest BCUT2D eigenvalue weighted by molar-refractivity contribution is -0.148. The molecule has 1 unspecified atom stereocenters. The highest BCUT2D eigenvalue weighted by Crippen LogP contribution is 1.93. The first-order chi connectivity index (χ1) is 7.70. The molecule has 2 N–H and O–H groups in total. The Hall–Kier alpha value is -0.650. The van der Waals surface area contributed by atoms with Gasteiger partial charge in [-0.15, -0.1) is 0 Å². The van der Waals surface area contributed by atoms with E-state index in [9.17, 15) is 9.90 Å². The van der Waals surface area contributed by atoms with Crippen molar-refractivity contribution in [1.82, 2.24) is 5.32 Å². The van der Waals surface area contributed by atoms with Crippen molar-refractivity contribution in [2.45, 2.75) is 32.8 Å². The summed E-state index contributed by atoms with van der Waals surface area (Å²) >= 11 is 0. The number of nitrogens with one attached hydrogen (secondary N) is 1. The number of esters is 1. The minimum absolute atomic E-state index is 0.00705. The van der Waals surface area contributed by atoms with Gasteiger partial charge >= 0.3 is 5.97 Å². The van der Waals surface area contributed by atoms with Crippen LogP contribution in [0.15, 0.2) is 0 Å². The Morgan fingerprint density at radius 3 is 2.75 bits per heavy atom. The van der Waals surface area contributed by atoms with E-state index in [4.69, 9.17) is 9.47 Å². The summed E-state index contributed by atoms with van der Waals surface area (Å²) < 4.78 is 9.78. The molecule has 0 bridgehead atoms. The maximum Gasteiger partial charge on any atom is 0.332 e. The summed E-state index contributed by atoms with van der Waals surface area (Å²) in [6, 6.07) is 0. The highest BCUT2D eigenvalue weighted by molar-refractivity contribution is 5.70. The predicted molar refractivity (Wildman–Crippen MR) is 61.2 cm³/mol. The monoisotopic (exact) mass is 233 g/mol. The van der Waals surface area contributed by atoms with Gasteiger partial charge in [0.1, 0.15) is 6.61 Å². The standard InChI is InChI=1S/C11H23NO4/c1-3-10(13)5-6-12-7-8-15-9-11(14)16-4-2/h10,12-13H,3-9H2,1-2H3. The normalized spacial score (nSPS) is 12.4. The molecule has 0 aliphatic carbocycles. The van der Waals surface area contributed by atoms with E-state index in [0.717, 1.165) is 19.4 Å². The van der Waals surface area contributed by atoms with Crippen molar-refractivity contribution in [2.75, 3.05) is 32.9 Å². The lowest BCUT2D eigenvalue weighted by Crippen LogP contribution is -2.25. The molecule has 0 aromatic rings. The van der Waals surface area contributed by atoms with Crippen LogP contribution in [0.1, 0.15) is 26.7 Å². The highest BCUT2D eigenvalue weighted by Gasteiger charge is 2.01. The van der Waals surface area contributed by atoms with E-state index >= 15 is 0 Å². The van der Waals surface area contributed by atoms with E-state index in [1.807, 2.05) is 6.92 Å². The molecule has 0 aliphatic heterocycles. The van der Waals surface area contributed by atoms with Crippen molar-refractivity contribution < 1.29 is 19.4 Å². The topological polar surface area (TPSA) is 67.8 Å². The van der Waals surface area contributed by atoms with Crippen LogP contribution in [0.4, 0.5) is 0 Å². The van der Waals surface area contributed by atoms with Crippen LogP contribution < -0.4 is 5.32 Å². The number of rotatable bonds is 10. The third-order valence-corrected chi connectivity index (χ3v) is 2.07. The van der Waals surface area contributed by atoms with Crippen LogP contribution >= 0.6 is 0 Å². The maximum absolute atomic E-state index is 10.9. The van der Waals surface area contributed by atoms with Crippen molar-refractivity contribution >= 4 is 5.97 Å². The third-order valence-electron chi connectivity index (χ3n) is 2.07. The van der Waals surface area contributed by atoms with E-state index in [-0.39, 0.29) is 18.7 Å². The Bertz CT molecular complexity index is 175. The first-order valence-electron chi connectivity index (χ1n) is 5.82. The fourth-order valence-electron chi connectivity index (χ4n) is 1.10. The average Bonchev–Trinajstić information content (AvgIpc) is 2.27. The molecule has 0 rings (SSSR count). The van der Waals surface area contributed by atoms with Crippen LogP contribution in [0.2, 0.25) is 0 Å². The van der Waals surface area contributed by atoms with Crippen LogP contribution in [0, 0.1) is 0 Å². The van der Waals surface area contributed by atoms with Gasteiger partial charge in [0, 0.05) is 6.54 Å². The Labute approximate surface area is 97.1 Å². The van der Waals surface area contributed by atoms with E-state index < -0.39 is 0 Å². The number of carbonyl (C=O) groups excluding carboxylic acids is 1. The third kappa shape index (κ3) is 9.89. The maximum atomic E-state index is 10.9. The molecule has 0 heterocycles.